The van der Waals surface area contributed by atoms with Crippen LogP contribution in [0.3, 0.4) is 0 Å². The van der Waals surface area contributed by atoms with Gasteiger partial charge in [-0.3, -0.25) is 4.68 Å². The van der Waals surface area contributed by atoms with E-state index < -0.39 is 12.4 Å². The first-order chi connectivity index (χ1) is 9.40. The third-order valence-corrected chi connectivity index (χ3v) is 3.01. The number of aryl methyl sites for hydroxylation is 2. The number of hydrogen-bond acceptors (Lipinski definition) is 2. The molecule has 0 aliphatic carbocycles. The molecule has 0 bridgehead atoms. The predicted octanol–water partition coefficient (Wildman–Crippen LogP) is 2.84. The molecule has 0 saturated carbocycles. The molecule has 0 spiro atoms. The molecular formula is C13H15BF3N2O-. The Morgan fingerprint density at radius 1 is 1.30 bits per heavy atom. The minimum absolute atomic E-state index is 0.180. The molecule has 0 aliphatic heterocycles. The van der Waals surface area contributed by atoms with Gasteiger partial charge in [-0.25, -0.2) is 0 Å². The Morgan fingerprint density at radius 2 is 2.05 bits per heavy atom. The number of halogens is 3. The second-order valence-corrected chi connectivity index (χ2v) is 4.59. The van der Waals surface area contributed by atoms with Gasteiger partial charge in [0.05, 0.1) is 6.20 Å². The maximum Gasteiger partial charge on any atom is 0.509 e. The van der Waals surface area contributed by atoms with Crippen molar-refractivity contribution in [2.45, 2.75) is 27.0 Å². The van der Waals surface area contributed by atoms with Crippen LogP contribution in [0.15, 0.2) is 30.6 Å². The number of nitrogens with zero attached hydrogens (tertiary/aromatic N) is 2. The molecule has 1 aromatic heterocycles. The summed E-state index contributed by atoms with van der Waals surface area (Å²) in [5.74, 6) is 0.426. The minimum Gasteiger partial charge on any atom is -0.489 e. The van der Waals surface area contributed by atoms with E-state index in [1.165, 1.54) is 19.1 Å². The number of aromatic nitrogens is 2. The van der Waals surface area contributed by atoms with E-state index in [4.69, 9.17) is 4.74 Å². The van der Waals surface area contributed by atoms with Gasteiger partial charge in [-0.05, 0) is 26.0 Å². The summed E-state index contributed by atoms with van der Waals surface area (Å²) in [4.78, 5) is 0. The minimum atomic E-state index is -4.97. The molecule has 1 heterocycles. The molecule has 1 aromatic carbocycles. The zero-order chi connectivity index (χ0) is 14.8. The van der Waals surface area contributed by atoms with Crippen LogP contribution in [0.4, 0.5) is 12.9 Å². The molecule has 0 atom stereocenters. The largest absolute Gasteiger partial charge is 0.509 e. The van der Waals surface area contributed by atoms with Gasteiger partial charge in [0.1, 0.15) is 12.4 Å². The van der Waals surface area contributed by atoms with Crippen LogP contribution in [-0.2, 0) is 13.2 Å². The first-order valence-corrected chi connectivity index (χ1v) is 6.34. The van der Waals surface area contributed by atoms with Crippen LogP contribution in [0.25, 0.3) is 0 Å². The third-order valence-electron chi connectivity index (χ3n) is 3.01. The molecule has 0 radical (unpaired) electrons. The van der Waals surface area contributed by atoms with Crippen molar-refractivity contribution >= 4 is 12.4 Å². The topological polar surface area (TPSA) is 27.1 Å². The van der Waals surface area contributed by atoms with E-state index in [1.54, 1.807) is 10.9 Å². The highest BCUT2D eigenvalue weighted by molar-refractivity contribution is 6.74. The van der Waals surface area contributed by atoms with Crippen LogP contribution >= 0.6 is 0 Å². The predicted molar refractivity (Wildman–Crippen MR) is 72.1 cm³/mol. The van der Waals surface area contributed by atoms with Crippen LogP contribution < -0.4 is 10.2 Å². The second kappa shape index (κ2) is 5.60. The standard InChI is InChI=1S/C13H15BF3N2O/c1-3-19-8-11(7-18-19)9-20-12-4-5-13(10(2)6-12)14(15,16)17/h4-8H,3,9H2,1-2H3/q-1. The molecule has 0 aliphatic rings. The Morgan fingerprint density at radius 3 is 2.60 bits per heavy atom. The molecule has 0 unspecified atom stereocenters. The van der Waals surface area contributed by atoms with Crippen molar-refractivity contribution in [1.29, 1.82) is 0 Å². The van der Waals surface area contributed by atoms with Crippen LogP contribution in [0, 0.1) is 6.92 Å². The Bertz CT molecular complexity index is 596. The summed E-state index contributed by atoms with van der Waals surface area (Å²) in [5.41, 5.74) is 0.490. The van der Waals surface area contributed by atoms with Gasteiger partial charge < -0.3 is 17.7 Å². The summed E-state index contributed by atoms with van der Waals surface area (Å²) in [6.45, 7) is -0.511. The quantitative estimate of drug-likeness (QED) is 0.789. The number of benzene rings is 1. The molecule has 2 aromatic rings. The van der Waals surface area contributed by atoms with Gasteiger partial charge in [0.15, 0.2) is 0 Å². The number of rotatable bonds is 5. The monoisotopic (exact) mass is 283 g/mol. The van der Waals surface area contributed by atoms with E-state index in [0.717, 1.165) is 18.2 Å². The first kappa shape index (κ1) is 14.5. The van der Waals surface area contributed by atoms with E-state index in [-0.39, 0.29) is 12.2 Å². The molecule has 20 heavy (non-hydrogen) atoms. The highest BCUT2D eigenvalue weighted by atomic mass is 19.4. The second-order valence-electron chi connectivity index (χ2n) is 4.59. The molecule has 0 fully saturated rings. The van der Waals surface area contributed by atoms with Gasteiger partial charge in [-0.15, -0.1) is 5.46 Å². The Labute approximate surface area is 115 Å². The Hall–Kier alpha value is -1.92. The summed E-state index contributed by atoms with van der Waals surface area (Å²) < 4.78 is 45.3. The maximum absolute atomic E-state index is 12.7. The lowest BCUT2D eigenvalue weighted by atomic mass is 9.77. The van der Waals surface area contributed by atoms with E-state index in [2.05, 4.69) is 5.10 Å². The highest BCUT2D eigenvalue weighted by Crippen LogP contribution is 2.18. The van der Waals surface area contributed by atoms with Crippen molar-refractivity contribution in [2.24, 2.45) is 0 Å². The average molecular weight is 283 g/mol. The summed E-state index contributed by atoms with van der Waals surface area (Å²) in [5, 5.41) is 4.10. The van der Waals surface area contributed by atoms with Gasteiger partial charge in [-0.2, -0.15) is 5.10 Å². The van der Waals surface area contributed by atoms with Crippen molar-refractivity contribution in [3.8, 4) is 5.75 Å². The lowest BCUT2D eigenvalue weighted by Crippen LogP contribution is -2.35. The van der Waals surface area contributed by atoms with E-state index in [0.29, 0.717) is 5.75 Å². The molecule has 0 saturated heterocycles. The molecule has 0 N–H and O–H groups in total. The molecule has 108 valence electrons. The maximum atomic E-state index is 12.7. The normalized spacial score (nSPS) is 11.7. The summed E-state index contributed by atoms with van der Waals surface area (Å²) in [6.07, 6.45) is 3.53. The number of hydrogen-bond donors (Lipinski definition) is 0. The van der Waals surface area contributed by atoms with Gasteiger partial charge in [0, 0.05) is 18.3 Å². The fourth-order valence-corrected chi connectivity index (χ4v) is 1.93. The van der Waals surface area contributed by atoms with E-state index in [1.807, 2.05) is 13.1 Å². The van der Waals surface area contributed by atoms with Crippen LogP contribution in [-0.4, -0.2) is 16.8 Å². The van der Waals surface area contributed by atoms with Crippen molar-refractivity contribution < 1.29 is 17.7 Å². The van der Waals surface area contributed by atoms with Crippen molar-refractivity contribution in [3.05, 3.63) is 41.7 Å². The zero-order valence-electron chi connectivity index (χ0n) is 11.3. The SMILES string of the molecule is CCn1cc(COc2ccc([B-](F)(F)F)c(C)c2)cn1. The molecule has 2 rings (SSSR count). The molecule has 7 heteroatoms. The lowest BCUT2D eigenvalue weighted by Gasteiger charge is -2.18. The first-order valence-electron chi connectivity index (χ1n) is 6.34. The Kier molecular flexibility index (Phi) is 4.06. The molecule has 3 nitrogen and oxygen atoms in total. The molecular weight excluding hydrogens is 268 g/mol. The van der Waals surface area contributed by atoms with Crippen molar-refractivity contribution in [3.63, 3.8) is 0 Å². The summed E-state index contributed by atoms with van der Waals surface area (Å²) >= 11 is 0. The van der Waals surface area contributed by atoms with Gasteiger partial charge >= 0.3 is 6.98 Å². The fourth-order valence-electron chi connectivity index (χ4n) is 1.93. The lowest BCUT2D eigenvalue weighted by molar-refractivity contribution is 0.306. The summed E-state index contributed by atoms with van der Waals surface area (Å²) in [7, 11) is 0. The average Bonchev–Trinajstić information content (AvgIpc) is 2.83. The van der Waals surface area contributed by atoms with E-state index in [9.17, 15) is 12.9 Å². The smallest absolute Gasteiger partial charge is 0.489 e. The van der Waals surface area contributed by atoms with Gasteiger partial charge in [0.2, 0.25) is 0 Å². The zero-order valence-corrected chi connectivity index (χ0v) is 11.3. The summed E-state index contributed by atoms with van der Waals surface area (Å²) in [6, 6.07) is 3.83. The molecule has 0 amide bonds. The number of ether oxygens (including phenoxy) is 1. The van der Waals surface area contributed by atoms with Crippen molar-refractivity contribution in [1.82, 2.24) is 9.78 Å². The van der Waals surface area contributed by atoms with Crippen LogP contribution in [0.2, 0.25) is 0 Å². The van der Waals surface area contributed by atoms with Crippen LogP contribution in [0.5, 0.6) is 5.75 Å². The highest BCUT2D eigenvalue weighted by Gasteiger charge is 2.27. The van der Waals surface area contributed by atoms with Gasteiger partial charge in [-0.1, -0.05) is 11.6 Å². The van der Waals surface area contributed by atoms with Crippen LogP contribution in [0.1, 0.15) is 18.1 Å². The van der Waals surface area contributed by atoms with E-state index >= 15 is 0 Å². The fraction of sp³-hybridized carbons (Fsp3) is 0.308. The third kappa shape index (κ3) is 3.34. The van der Waals surface area contributed by atoms with Gasteiger partial charge in [0.25, 0.3) is 0 Å². The Balaban J connectivity index is 2.05. The van der Waals surface area contributed by atoms with Crippen molar-refractivity contribution in [2.75, 3.05) is 0 Å².